The fraction of sp³-hybridized carbons (Fsp3) is 0.300. The molecule has 1 atom stereocenters. The van der Waals surface area contributed by atoms with E-state index in [0.717, 1.165) is 18.8 Å². The van der Waals surface area contributed by atoms with Gasteiger partial charge < -0.3 is 10.2 Å². The smallest absolute Gasteiger partial charge is 0.232 e. The van der Waals surface area contributed by atoms with E-state index in [4.69, 9.17) is 23.2 Å². The number of hydrogen-bond acceptors (Lipinski definition) is 3. The maximum Gasteiger partial charge on any atom is 0.232 e. The largest absolute Gasteiger partial charge is 0.372 e. The lowest BCUT2D eigenvalue weighted by molar-refractivity contribution is -0.117. The zero-order valence-corrected chi connectivity index (χ0v) is 15.6. The molecule has 1 unspecified atom stereocenters. The van der Waals surface area contributed by atoms with Crippen molar-refractivity contribution in [2.75, 3.05) is 23.3 Å². The van der Waals surface area contributed by atoms with Crippen LogP contribution in [0, 0.1) is 0 Å². The third-order valence-corrected chi connectivity index (χ3v) is 5.75. The number of rotatable bonds is 4. The van der Waals surface area contributed by atoms with Gasteiger partial charge in [-0.25, -0.2) is 0 Å². The van der Waals surface area contributed by atoms with Gasteiger partial charge in [0, 0.05) is 41.3 Å². The summed E-state index contributed by atoms with van der Waals surface area (Å²) in [5.41, 5.74) is 2.88. The lowest BCUT2D eigenvalue weighted by Gasteiger charge is -2.17. The Labute approximate surface area is 162 Å². The van der Waals surface area contributed by atoms with Crippen LogP contribution >= 0.6 is 23.2 Å². The van der Waals surface area contributed by atoms with Gasteiger partial charge in [0.2, 0.25) is 5.91 Å². The molecule has 6 heteroatoms. The van der Waals surface area contributed by atoms with Crippen molar-refractivity contribution in [3.05, 3.63) is 57.6 Å². The molecule has 0 saturated carbocycles. The van der Waals surface area contributed by atoms with Gasteiger partial charge >= 0.3 is 0 Å². The van der Waals surface area contributed by atoms with Crippen LogP contribution < -0.4 is 10.2 Å². The number of nitrogens with one attached hydrogen (secondary N) is 1. The van der Waals surface area contributed by atoms with E-state index in [2.05, 4.69) is 10.2 Å². The molecule has 0 aliphatic carbocycles. The minimum atomic E-state index is -0.609. The summed E-state index contributed by atoms with van der Waals surface area (Å²) < 4.78 is 0. The molecule has 4 nitrogen and oxygen atoms in total. The molecule has 2 aliphatic heterocycles. The van der Waals surface area contributed by atoms with E-state index in [0.29, 0.717) is 26.9 Å². The molecule has 2 aromatic rings. The van der Waals surface area contributed by atoms with Gasteiger partial charge in [0.25, 0.3) is 0 Å². The Hall–Kier alpha value is -2.04. The summed E-state index contributed by atoms with van der Waals surface area (Å²) in [6, 6.07) is 10.9. The summed E-state index contributed by atoms with van der Waals surface area (Å²) in [7, 11) is 0. The fourth-order valence-electron chi connectivity index (χ4n) is 3.71. The summed E-state index contributed by atoms with van der Waals surface area (Å²) >= 11 is 12.4. The second-order valence-electron chi connectivity index (χ2n) is 6.73. The maximum atomic E-state index is 12.7. The Bertz CT molecular complexity index is 874. The van der Waals surface area contributed by atoms with Crippen LogP contribution in [0.4, 0.5) is 11.4 Å². The summed E-state index contributed by atoms with van der Waals surface area (Å²) in [4.78, 5) is 27.4. The van der Waals surface area contributed by atoms with E-state index in [1.807, 2.05) is 24.3 Å². The van der Waals surface area contributed by atoms with Crippen LogP contribution in [0.5, 0.6) is 0 Å². The zero-order valence-electron chi connectivity index (χ0n) is 14.1. The Morgan fingerprint density at radius 2 is 1.69 bits per heavy atom. The zero-order chi connectivity index (χ0) is 18.3. The normalized spacial score (nSPS) is 18.8. The highest BCUT2D eigenvalue weighted by Crippen LogP contribution is 2.43. The van der Waals surface area contributed by atoms with Crippen molar-refractivity contribution >= 4 is 46.3 Å². The molecule has 4 rings (SSSR count). The topological polar surface area (TPSA) is 49.4 Å². The highest BCUT2D eigenvalue weighted by Gasteiger charge is 2.35. The summed E-state index contributed by atoms with van der Waals surface area (Å²) in [6.07, 6.45) is 2.49. The summed E-state index contributed by atoms with van der Waals surface area (Å²) in [6.45, 7) is 2.12. The van der Waals surface area contributed by atoms with Gasteiger partial charge in [-0.05, 0) is 49.2 Å². The minimum Gasteiger partial charge on any atom is -0.372 e. The van der Waals surface area contributed by atoms with Crippen LogP contribution in [-0.2, 0) is 4.79 Å². The van der Waals surface area contributed by atoms with Gasteiger partial charge in [-0.1, -0.05) is 23.2 Å². The molecule has 0 aromatic heterocycles. The lowest BCUT2D eigenvalue weighted by Crippen LogP contribution is -2.18. The van der Waals surface area contributed by atoms with Crippen LogP contribution in [0.25, 0.3) is 0 Å². The maximum absolute atomic E-state index is 12.7. The van der Waals surface area contributed by atoms with Crippen molar-refractivity contribution < 1.29 is 9.59 Å². The fourth-order valence-corrected chi connectivity index (χ4v) is 4.21. The number of fused-ring (bicyclic) bond motifs is 1. The SMILES string of the molecule is O=C(CC1C(=O)Nc2c(Cl)ccc(Cl)c21)c1ccc(N2CCCC2)cc1. The molecule has 0 spiro atoms. The van der Waals surface area contributed by atoms with Gasteiger partial charge in [0.15, 0.2) is 5.78 Å². The lowest BCUT2D eigenvalue weighted by atomic mass is 9.92. The number of benzene rings is 2. The Kier molecular flexibility index (Phi) is 4.63. The second kappa shape index (κ2) is 6.93. The molecule has 0 radical (unpaired) electrons. The molecule has 1 amide bonds. The van der Waals surface area contributed by atoms with E-state index in [1.165, 1.54) is 12.8 Å². The Morgan fingerprint density at radius 1 is 1.04 bits per heavy atom. The van der Waals surface area contributed by atoms with Gasteiger partial charge in [-0.15, -0.1) is 0 Å². The highest BCUT2D eigenvalue weighted by molar-refractivity contribution is 6.38. The second-order valence-corrected chi connectivity index (χ2v) is 7.54. The molecular weight excluding hydrogens is 371 g/mol. The quantitative estimate of drug-likeness (QED) is 0.757. The number of Topliss-reactive ketones (excluding diaryl/α,β-unsaturated/α-hetero) is 1. The summed E-state index contributed by atoms with van der Waals surface area (Å²) in [5.74, 6) is -0.930. The third-order valence-electron chi connectivity index (χ3n) is 5.10. The van der Waals surface area contributed by atoms with E-state index < -0.39 is 5.92 Å². The minimum absolute atomic E-state index is 0.0714. The van der Waals surface area contributed by atoms with Crippen molar-refractivity contribution in [1.29, 1.82) is 0 Å². The number of halogens is 2. The average Bonchev–Trinajstić information content (AvgIpc) is 3.28. The van der Waals surface area contributed by atoms with Gasteiger partial charge in [-0.3, -0.25) is 9.59 Å². The van der Waals surface area contributed by atoms with Crippen molar-refractivity contribution in [2.24, 2.45) is 0 Å². The van der Waals surface area contributed by atoms with Crippen molar-refractivity contribution in [2.45, 2.75) is 25.2 Å². The molecular formula is C20H18Cl2N2O2. The van der Waals surface area contributed by atoms with E-state index in [-0.39, 0.29) is 18.1 Å². The standard InChI is InChI=1S/C20H18Cl2N2O2/c21-15-7-8-16(22)19-18(15)14(20(26)23-19)11-17(25)12-3-5-13(6-4-12)24-9-1-2-10-24/h3-8,14H,1-2,9-11H2,(H,23,26). The molecule has 26 heavy (non-hydrogen) atoms. The van der Waals surface area contributed by atoms with Crippen LogP contribution in [0.1, 0.15) is 41.1 Å². The first-order chi connectivity index (χ1) is 12.5. The molecule has 2 heterocycles. The number of hydrogen-bond donors (Lipinski definition) is 1. The average molecular weight is 389 g/mol. The third kappa shape index (κ3) is 3.08. The van der Waals surface area contributed by atoms with Crippen molar-refractivity contribution in [1.82, 2.24) is 0 Å². The number of carbonyl (C=O) groups is 2. The first-order valence-corrected chi connectivity index (χ1v) is 9.47. The molecule has 1 fully saturated rings. The van der Waals surface area contributed by atoms with Gasteiger partial charge in [0.05, 0.1) is 16.6 Å². The predicted molar refractivity (Wildman–Crippen MR) is 105 cm³/mol. The van der Waals surface area contributed by atoms with Crippen molar-refractivity contribution in [3.63, 3.8) is 0 Å². The number of anilines is 2. The first-order valence-electron chi connectivity index (χ1n) is 8.71. The molecule has 134 valence electrons. The van der Waals surface area contributed by atoms with Crippen LogP contribution in [0.15, 0.2) is 36.4 Å². The number of amides is 1. The predicted octanol–water partition coefficient (Wildman–Crippen LogP) is 4.90. The van der Waals surface area contributed by atoms with E-state index in [9.17, 15) is 9.59 Å². The first kappa shape index (κ1) is 17.4. The monoisotopic (exact) mass is 388 g/mol. The molecule has 1 saturated heterocycles. The van der Waals surface area contributed by atoms with Gasteiger partial charge in [0.1, 0.15) is 0 Å². The summed E-state index contributed by atoms with van der Waals surface area (Å²) in [5, 5.41) is 3.63. The van der Waals surface area contributed by atoms with E-state index in [1.54, 1.807) is 12.1 Å². The van der Waals surface area contributed by atoms with Crippen LogP contribution in [0.2, 0.25) is 10.0 Å². The van der Waals surface area contributed by atoms with Gasteiger partial charge in [-0.2, -0.15) is 0 Å². The number of nitrogens with zero attached hydrogens (tertiary/aromatic N) is 1. The van der Waals surface area contributed by atoms with Crippen LogP contribution in [-0.4, -0.2) is 24.8 Å². The van der Waals surface area contributed by atoms with Crippen molar-refractivity contribution in [3.8, 4) is 0 Å². The molecule has 2 aromatic carbocycles. The molecule has 2 aliphatic rings. The Balaban J connectivity index is 1.54. The van der Waals surface area contributed by atoms with E-state index >= 15 is 0 Å². The van der Waals surface area contributed by atoms with Crippen LogP contribution in [0.3, 0.4) is 0 Å². The number of carbonyl (C=O) groups excluding carboxylic acids is 2. The number of ketones is 1. The Morgan fingerprint density at radius 3 is 2.38 bits per heavy atom. The molecule has 0 bridgehead atoms. The highest BCUT2D eigenvalue weighted by atomic mass is 35.5. The molecule has 1 N–H and O–H groups in total.